The lowest BCUT2D eigenvalue weighted by molar-refractivity contribution is -0.385. The first kappa shape index (κ1) is 17.9. The number of nitro groups is 1. The number of nitro benzene ring substituents is 1. The van der Waals surface area contributed by atoms with Crippen LogP contribution in [0.2, 0.25) is 0 Å². The summed E-state index contributed by atoms with van der Waals surface area (Å²) in [6.07, 6.45) is 0. The molecule has 0 aromatic heterocycles. The maximum atomic E-state index is 14.0. The van der Waals surface area contributed by atoms with Crippen molar-refractivity contribution < 1.29 is 33.9 Å². The van der Waals surface area contributed by atoms with Gasteiger partial charge in [0.1, 0.15) is 11.3 Å². The van der Waals surface area contributed by atoms with Crippen molar-refractivity contribution in [3.8, 4) is 11.5 Å². The van der Waals surface area contributed by atoms with Crippen LogP contribution in [-0.2, 0) is 0 Å². The maximum Gasteiger partial charge on any atom is 0.339 e. The van der Waals surface area contributed by atoms with Gasteiger partial charge in [0.2, 0.25) is 0 Å². The van der Waals surface area contributed by atoms with Crippen LogP contribution in [0.3, 0.4) is 0 Å². The molecular weight excluding hydrogens is 337 g/mol. The van der Waals surface area contributed by atoms with Crippen LogP contribution in [0, 0.1) is 29.8 Å². The van der Waals surface area contributed by atoms with E-state index in [1.54, 1.807) is 0 Å². The predicted molar refractivity (Wildman–Crippen MR) is 83.0 cm³/mol. The second-order valence-corrected chi connectivity index (χ2v) is 5.14. The quantitative estimate of drug-likeness (QED) is 0.624. The van der Waals surface area contributed by atoms with E-state index in [1.165, 1.54) is 13.8 Å². The van der Waals surface area contributed by atoms with Crippen molar-refractivity contribution in [2.24, 2.45) is 0 Å². The van der Waals surface area contributed by atoms with Gasteiger partial charge in [0.05, 0.1) is 16.6 Å². The molecule has 0 amide bonds. The van der Waals surface area contributed by atoms with Gasteiger partial charge in [0.25, 0.3) is 5.69 Å². The molecule has 0 spiro atoms. The number of carbonyl (C=O) groups is 2. The molecule has 0 aliphatic carbocycles. The zero-order valence-corrected chi connectivity index (χ0v) is 13.1. The first-order valence-corrected chi connectivity index (χ1v) is 6.86. The van der Waals surface area contributed by atoms with Gasteiger partial charge in [-0.25, -0.2) is 14.0 Å². The van der Waals surface area contributed by atoms with Crippen molar-refractivity contribution in [3.63, 3.8) is 0 Å². The smallest absolute Gasteiger partial charge is 0.339 e. The standard InChI is InChI=1S/C16H12FNO7/c1-7-8(2)14(11(16(21)22)6-10(7)15(19)20)25-13-4-3-9(18(23)24)5-12(13)17/h3-6H,1-2H3,(H,19,20)(H,21,22). The lowest BCUT2D eigenvalue weighted by Crippen LogP contribution is -2.09. The van der Waals surface area contributed by atoms with Gasteiger partial charge in [-0.15, -0.1) is 0 Å². The van der Waals surface area contributed by atoms with E-state index < -0.39 is 39.7 Å². The molecule has 0 saturated carbocycles. The van der Waals surface area contributed by atoms with Crippen LogP contribution in [0.15, 0.2) is 24.3 Å². The van der Waals surface area contributed by atoms with E-state index in [-0.39, 0.29) is 22.4 Å². The number of ether oxygens (including phenoxy) is 1. The van der Waals surface area contributed by atoms with Crippen molar-refractivity contribution in [3.05, 3.63) is 62.5 Å². The Morgan fingerprint density at radius 2 is 1.68 bits per heavy atom. The summed E-state index contributed by atoms with van der Waals surface area (Å²) in [6.45, 7) is 2.90. The van der Waals surface area contributed by atoms with Crippen LogP contribution in [0.4, 0.5) is 10.1 Å². The Morgan fingerprint density at radius 1 is 1.08 bits per heavy atom. The fourth-order valence-corrected chi connectivity index (χ4v) is 2.20. The summed E-state index contributed by atoms with van der Waals surface area (Å²) < 4.78 is 19.3. The summed E-state index contributed by atoms with van der Waals surface area (Å²) in [5.41, 5.74) is -0.702. The Bertz CT molecular complexity index is 908. The Balaban J connectivity index is 2.60. The number of benzene rings is 2. The van der Waals surface area contributed by atoms with Crippen molar-refractivity contribution in [2.75, 3.05) is 0 Å². The Morgan fingerprint density at radius 3 is 2.16 bits per heavy atom. The molecule has 2 rings (SSSR count). The summed E-state index contributed by atoms with van der Waals surface area (Å²) in [4.78, 5) is 32.5. The minimum absolute atomic E-state index is 0.204. The molecule has 0 bridgehead atoms. The average molecular weight is 349 g/mol. The summed E-state index contributed by atoms with van der Waals surface area (Å²) in [7, 11) is 0. The topological polar surface area (TPSA) is 127 Å². The van der Waals surface area contributed by atoms with Crippen molar-refractivity contribution in [1.82, 2.24) is 0 Å². The van der Waals surface area contributed by atoms with E-state index >= 15 is 0 Å². The van der Waals surface area contributed by atoms with Crippen molar-refractivity contribution >= 4 is 17.6 Å². The molecule has 0 unspecified atom stereocenters. The highest BCUT2D eigenvalue weighted by Gasteiger charge is 2.23. The van der Waals surface area contributed by atoms with E-state index in [1.807, 2.05) is 0 Å². The number of nitrogens with zero attached hydrogens (tertiary/aromatic N) is 1. The Kier molecular flexibility index (Phi) is 4.68. The molecule has 8 nitrogen and oxygen atoms in total. The van der Waals surface area contributed by atoms with Gasteiger partial charge in [0.15, 0.2) is 11.6 Å². The molecule has 2 N–H and O–H groups in total. The maximum absolute atomic E-state index is 14.0. The largest absolute Gasteiger partial charge is 0.478 e. The molecule has 0 heterocycles. The fourth-order valence-electron chi connectivity index (χ4n) is 2.20. The molecule has 0 atom stereocenters. The number of non-ortho nitro benzene ring substituents is 1. The number of halogens is 1. The number of rotatable bonds is 5. The van der Waals surface area contributed by atoms with Crippen LogP contribution >= 0.6 is 0 Å². The lowest BCUT2D eigenvalue weighted by Gasteiger charge is -2.16. The number of carboxylic acid groups (broad SMARTS) is 2. The third kappa shape index (κ3) is 3.39. The van der Waals surface area contributed by atoms with Crippen molar-refractivity contribution in [2.45, 2.75) is 13.8 Å². The zero-order chi connectivity index (χ0) is 18.9. The fraction of sp³-hybridized carbons (Fsp3) is 0.125. The number of aromatic carboxylic acids is 2. The number of hydrogen-bond acceptors (Lipinski definition) is 5. The monoisotopic (exact) mass is 349 g/mol. The normalized spacial score (nSPS) is 10.4. The van der Waals surface area contributed by atoms with Gasteiger partial charge in [0, 0.05) is 6.07 Å². The molecule has 9 heteroatoms. The molecular formula is C16H12FNO7. The van der Waals surface area contributed by atoms with Crippen LogP contribution < -0.4 is 4.74 Å². The first-order valence-electron chi connectivity index (χ1n) is 6.86. The molecule has 25 heavy (non-hydrogen) atoms. The summed E-state index contributed by atoms with van der Waals surface area (Å²) >= 11 is 0. The average Bonchev–Trinajstić information content (AvgIpc) is 2.52. The van der Waals surface area contributed by atoms with Crippen molar-refractivity contribution in [1.29, 1.82) is 0 Å². The molecule has 0 aliphatic heterocycles. The molecule has 0 radical (unpaired) electrons. The Labute approximate surface area is 140 Å². The van der Waals surface area contributed by atoms with Gasteiger partial charge >= 0.3 is 11.9 Å². The van der Waals surface area contributed by atoms with Crippen LogP contribution in [0.5, 0.6) is 11.5 Å². The summed E-state index contributed by atoms with van der Waals surface area (Å²) in [5, 5.41) is 29.1. The van der Waals surface area contributed by atoms with Crippen LogP contribution in [0.1, 0.15) is 31.8 Å². The number of hydrogen-bond donors (Lipinski definition) is 2. The third-order valence-corrected chi connectivity index (χ3v) is 3.64. The summed E-state index contributed by atoms with van der Waals surface area (Å²) in [5.74, 6) is -4.47. The minimum Gasteiger partial charge on any atom is -0.478 e. The predicted octanol–water partition coefficient (Wildman–Crippen LogP) is 3.54. The third-order valence-electron chi connectivity index (χ3n) is 3.64. The summed E-state index contributed by atoms with van der Waals surface area (Å²) in [6, 6.07) is 3.57. The second kappa shape index (κ2) is 6.56. The zero-order valence-electron chi connectivity index (χ0n) is 13.1. The SMILES string of the molecule is Cc1c(C(=O)O)cc(C(=O)O)c(Oc2ccc([N+](=O)[O-])cc2F)c1C. The second-order valence-electron chi connectivity index (χ2n) is 5.14. The Hall–Kier alpha value is -3.49. The van der Waals surface area contributed by atoms with Gasteiger partial charge in [-0.05, 0) is 37.1 Å². The van der Waals surface area contributed by atoms with Gasteiger partial charge < -0.3 is 14.9 Å². The highest BCUT2D eigenvalue weighted by molar-refractivity contribution is 5.98. The molecule has 130 valence electrons. The number of carboxylic acids is 2. The van der Waals surface area contributed by atoms with E-state index in [0.717, 1.165) is 18.2 Å². The molecule has 2 aromatic carbocycles. The van der Waals surface area contributed by atoms with Gasteiger partial charge in [-0.1, -0.05) is 0 Å². The highest BCUT2D eigenvalue weighted by atomic mass is 19.1. The molecule has 2 aromatic rings. The van der Waals surface area contributed by atoms with E-state index in [4.69, 9.17) is 9.84 Å². The highest BCUT2D eigenvalue weighted by Crippen LogP contribution is 2.35. The van der Waals surface area contributed by atoms with Crippen LogP contribution in [0.25, 0.3) is 0 Å². The van der Waals surface area contributed by atoms with Gasteiger partial charge in [-0.2, -0.15) is 0 Å². The van der Waals surface area contributed by atoms with Crippen LogP contribution in [-0.4, -0.2) is 27.1 Å². The molecule has 0 fully saturated rings. The molecule has 0 aliphatic rings. The van der Waals surface area contributed by atoms with E-state index in [2.05, 4.69) is 0 Å². The van der Waals surface area contributed by atoms with Gasteiger partial charge in [-0.3, -0.25) is 10.1 Å². The lowest BCUT2D eigenvalue weighted by atomic mass is 9.98. The first-order chi connectivity index (χ1) is 11.6. The molecule has 0 saturated heterocycles. The van der Waals surface area contributed by atoms with E-state index in [0.29, 0.717) is 6.07 Å². The minimum atomic E-state index is -1.46. The van der Waals surface area contributed by atoms with E-state index in [9.17, 15) is 29.2 Å².